The molecule has 0 N–H and O–H groups in total. The van der Waals surface area contributed by atoms with Crippen LogP contribution >= 0.6 is 11.8 Å². The van der Waals surface area contributed by atoms with Gasteiger partial charge in [0.25, 0.3) is 0 Å². The highest BCUT2D eigenvalue weighted by Crippen LogP contribution is 2.42. The van der Waals surface area contributed by atoms with Gasteiger partial charge in [-0.25, -0.2) is 0 Å². The van der Waals surface area contributed by atoms with Crippen molar-refractivity contribution in [3.63, 3.8) is 0 Å². The molecule has 0 aliphatic carbocycles. The SMILES string of the molecule is CSc1c(CC(C)=O)ccc2c1OCO2. The van der Waals surface area contributed by atoms with Crippen molar-refractivity contribution in [1.82, 2.24) is 0 Å². The van der Waals surface area contributed by atoms with E-state index in [9.17, 15) is 4.79 Å². The van der Waals surface area contributed by atoms with Crippen molar-refractivity contribution in [1.29, 1.82) is 0 Å². The fourth-order valence-electron chi connectivity index (χ4n) is 1.62. The van der Waals surface area contributed by atoms with Crippen LogP contribution in [0.4, 0.5) is 0 Å². The molecule has 3 nitrogen and oxygen atoms in total. The van der Waals surface area contributed by atoms with Gasteiger partial charge in [0.2, 0.25) is 6.79 Å². The molecule has 0 saturated heterocycles. The Kier molecular flexibility index (Phi) is 2.86. The average Bonchev–Trinajstić information content (AvgIpc) is 2.64. The third kappa shape index (κ3) is 1.95. The Bertz CT molecular complexity index is 401. The predicted octanol–water partition coefficient (Wildman–Crippen LogP) is 2.27. The Balaban J connectivity index is 2.43. The molecule has 1 heterocycles. The van der Waals surface area contributed by atoms with E-state index in [2.05, 4.69) is 0 Å². The van der Waals surface area contributed by atoms with Crippen LogP contribution in [-0.4, -0.2) is 18.8 Å². The number of fused-ring (bicyclic) bond motifs is 1. The summed E-state index contributed by atoms with van der Waals surface area (Å²) in [5.74, 6) is 1.71. The molecule has 0 amide bonds. The average molecular weight is 224 g/mol. The van der Waals surface area contributed by atoms with Crippen LogP contribution in [0.25, 0.3) is 0 Å². The lowest BCUT2D eigenvalue weighted by Gasteiger charge is -2.08. The molecule has 0 fully saturated rings. The standard InChI is InChI=1S/C11H12O3S/c1-7(12)5-8-3-4-9-10(11(8)15-2)14-6-13-9/h3-4H,5-6H2,1-2H3. The smallest absolute Gasteiger partial charge is 0.231 e. The third-order valence-corrected chi connectivity index (χ3v) is 3.07. The van der Waals surface area contributed by atoms with Crippen LogP contribution in [0, 0.1) is 0 Å². The summed E-state index contributed by atoms with van der Waals surface area (Å²) in [5, 5.41) is 0. The van der Waals surface area contributed by atoms with Crippen molar-refractivity contribution < 1.29 is 14.3 Å². The largest absolute Gasteiger partial charge is 0.454 e. The summed E-state index contributed by atoms with van der Waals surface area (Å²) >= 11 is 1.59. The number of ketones is 1. The first-order chi connectivity index (χ1) is 7.22. The second kappa shape index (κ2) is 4.14. The molecule has 0 radical (unpaired) electrons. The molecule has 4 heteroatoms. The number of ether oxygens (including phenoxy) is 2. The summed E-state index contributed by atoms with van der Waals surface area (Å²) in [6.07, 6.45) is 2.42. The summed E-state index contributed by atoms with van der Waals surface area (Å²) < 4.78 is 10.7. The minimum Gasteiger partial charge on any atom is -0.454 e. The maximum Gasteiger partial charge on any atom is 0.231 e. The highest BCUT2D eigenvalue weighted by atomic mass is 32.2. The summed E-state index contributed by atoms with van der Waals surface area (Å²) in [4.78, 5) is 12.1. The van der Waals surface area contributed by atoms with Gasteiger partial charge in [-0.05, 0) is 24.8 Å². The fraction of sp³-hybridized carbons (Fsp3) is 0.364. The van der Waals surface area contributed by atoms with E-state index in [4.69, 9.17) is 9.47 Å². The fourth-order valence-corrected chi connectivity index (χ4v) is 2.37. The highest BCUT2D eigenvalue weighted by molar-refractivity contribution is 7.98. The lowest BCUT2D eigenvalue weighted by molar-refractivity contribution is -0.116. The van der Waals surface area contributed by atoms with Gasteiger partial charge in [0, 0.05) is 6.42 Å². The zero-order chi connectivity index (χ0) is 10.8. The molecule has 0 atom stereocenters. The first-order valence-corrected chi connectivity index (χ1v) is 5.89. The van der Waals surface area contributed by atoms with Crippen molar-refractivity contribution in [2.45, 2.75) is 18.2 Å². The van der Waals surface area contributed by atoms with Crippen molar-refractivity contribution in [2.24, 2.45) is 0 Å². The summed E-state index contributed by atoms with van der Waals surface area (Å²) in [5.41, 5.74) is 1.01. The van der Waals surface area contributed by atoms with Gasteiger partial charge < -0.3 is 9.47 Å². The van der Waals surface area contributed by atoms with Crippen LogP contribution in [0.15, 0.2) is 17.0 Å². The second-order valence-corrected chi connectivity index (χ2v) is 4.19. The number of rotatable bonds is 3. The molecule has 0 saturated carbocycles. The van der Waals surface area contributed by atoms with Crippen LogP contribution in [0.5, 0.6) is 11.5 Å². The lowest BCUT2D eigenvalue weighted by Crippen LogP contribution is -1.98. The van der Waals surface area contributed by atoms with Gasteiger partial charge in [-0.1, -0.05) is 6.07 Å². The Hall–Kier alpha value is -1.16. The van der Waals surface area contributed by atoms with Gasteiger partial charge in [-0.2, -0.15) is 0 Å². The molecule has 0 aromatic heterocycles. The van der Waals surface area contributed by atoms with Crippen LogP contribution < -0.4 is 9.47 Å². The van der Waals surface area contributed by atoms with Crippen LogP contribution in [0.3, 0.4) is 0 Å². The summed E-state index contributed by atoms with van der Waals surface area (Å²) in [7, 11) is 0. The van der Waals surface area contributed by atoms with E-state index in [1.54, 1.807) is 18.7 Å². The molecule has 1 aromatic rings. The Morgan fingerprint density at radius 2 is 2.27 bits per heavy atom. The predicted molar refractivity (Wildman–Crippen MR) is 58.7 cm³/mol. The normalized spacial score (nSPS) is 12.9. The molecule has 15 heavy (non-hydrogen) atoms. The van der Waals surface area contributed by atoms with Gasteiger partial charge >= 0.3 is 0 Å². The first kappa shape index (κ1) is 10.4. The lowest BCUT2D eigenvalue weighted by atomic mass is 10.1. The molecule has 1 aromatic carbocycles. The maximum atomic E-state index is 11.1. The minimum absolute atomic E-state index is 0.157. The topological polar surface area (TPSA) is 35.5 Å². The van der Waals surface area contributed by atoms with E-state index < -0.39 is 0 Å². The van der Waals surface area contributed by atoms with Crippen molar-refractivity contribution in [2.75, 3.05) is 13.0 Å². The molecular weight excluding hydrogens is 212 g/mol. The minimum atomic E-state index is 0.157. The van der Waals surface area contributed by atoms with E-state index in [0.717, 1.165) is 22.0 Å². The van der Waals surface area contributed by atoms with Crippen LogP contribution in [-0.2, 0) is 11.2 Å². The zero-order valence-electron chi connectivity index (χ0n) is 8.70. The number of carbonyl (C=O) groups is 1. The van der Waals surface area contributed by atoms with E-state index in [1.807, 2.05) is 18.4 Å². The number of carbonyl (C=O) groups excluding carboxylic acids is 1. The van der Waals surface area contributed by atoms with Gasteiger partial charge in [0.15, 0.2) is 11.5 Å². The Morgan fingerprint density at radius 1 is 1.47 bits per heavy atom. The van der Waals surface area contributed by atoms with E-state index in [-0.39, 0.29) is 12.6 Å². The monoisotopic (exact) mass is 224 g/mol. The summed E-state index contributed by atoms with van der Waals surface area (Å²) in [6.45, 7) is 1.86. The quantitative estimate of drug-likeness (QED) is 0.738. The number of Topliss-reactive ketones (excluding diaryl/α,β-unsaturated/α-hetero) is 1. The highest BCUT2D eigenvalue weighted by Gasteiger charge is 2.20. The van der Waals surface area contributed by atoms with Gasteiger partial charge in [0.05, 0.1) is 4.90 Å². The molecule has 0 bridgehead atoms. The molecule has 1 aliphatic rings. The number of hydrogen-bond donors (Lipinski definition) is 0. The van der Waals surface area contributed by atoms with Crippen molar-refractivity contribution in [3.8, 4) is 11.5 Å². The van der Waals surface area contributed by atoms with E-state index in [1.165, 1.54) is 0 Å². The molecule has 0 unspecified atom stereocenters. The first-order valence-electron chi connectivity index (χ1n) is 4.67. The van der Waals surface area contributed by atoms with E-state index >= 15 is 0 Å². The third-order valence-electron chi connectivity index (χ3n) is 2.22. The van der Waals surface area contributed by atoms with Crippen LogP contribution in [0.1, 0.15) is 12.5 Å². The maximum absolute atomic E-state index is 11.1. The molecule has 0 spiro atoms. The number of thioether (sulfide) groups is 1. The molecular formula is C11H12O3S. The molecule has 2 rings (SSSR count). The van der Waals surface area contributed by atoms with Gasteiger partial charge in [0.1, 0.15) is 5.78 Å². The van der Waals surface area contributed by atoms with Crippen molar-refractivity contribution in [3.05, 3.63) is 17.7 Å². The van der Waals surface area contributed by atoms with Gasteiger partial charge in [-0.15, -0.1) is 11.8 Å². The van der Waals surface area contributed by atoms with Crippen molar-refractivity contribution >= 4 is 17.5 Å². The number of hydrogen-bond acceptors (Lipinski definition) is 4. The van der Waals surface area contributed by atoms with Crippen LogP contribution in [0.2, 0.25) is 0 Å². The van der Waals surface area contributed by atoms with E-state index in [0.29, 0.717) is 6.42 Å². The zero-order valence-corrected chi connectivity index (χ0v) is 9.52. The Labute approximate surface area is 92.8 Å². The second-order valence-electron chi connectivity index (χ2n) is 3.37. The number of benzene rings is 1. The summed E-state index contributed by atoms with van der Waals surface area (Å²) in [6, 6.07) is 3.79. The Morgan fingerprint density at radius 3 is 2.93 bits per heavy atom. The molecule has 1 aliphatic heterocycles. The van der Waals surface area contributed by atoms with Gasteiger partial charge in [-0.3, -0.25) is 4.79 Å². The molecule has 80 valence electrons.